The molecule has 2 aromatic carbocycles. The van der Waals surface area contributed by atoms with Gasteiger partial charge in [0.15, 0.2) is 0 Å². The fraction of sp³-hybridized carbons (Fsp3) is 0.556. The molecule has 2 aliphatic heterocycles. The molecule has 0 spiro atoms. The van der Waals surface area contributed by atoms with E-state index in [9.17, 15) is 19.2 Å². The quantitative estimate of drug-likeness (QED) is 0.254. The summed E-state index contributed by atoms with van der Waals surface area (Å²) in [6.07, 6.45) is 3.46. The average Bonchev–Trinajstić information content (AvgIpc) is 2.88. The van der Waals surface area contributed by atoms with Gasteiger partial charge in [0.1, 0.15) is 0 Å². The summed E-state index contributed by atoms with van der Waals surface area (Å²) in [7, 11) is 0. The van der Waals surface area contributed by atoms with Crippen molar-refractivity contribution in [2.24, 2.45) is 0 Å². The fourth-order valence-electron chi connectivity index (χ4n) is 7.12. The first-order valence-electron chi connectivity index (χ1n) is 15.9. The number of rotatable bonds is 8. The van der Waals surface area contributed by atoms with Crippen molar-refractivity contribution in [3.63, 3.8) is 0 Å². The first-order valence-corrected chi connectivity index (χ1v) is 17.0. The zero-order chi connectivity index (χ0) is 34.5. The fourth-order valence-corrected chi connectivity index (χ4v) is 7.51. The van der Waals surface area contributed by atoms with Gasteiger partial charge in [0.2, 0.25) is 11.6 Å². The highest BCUT2D eigenvalue weighted by atomic mass is 79.9. The van der Waals surface area contributed by atoms with Crippen LogP contribution in [0.4, 0.5) is 0 Å². The molecule has 46 heavy (non-hydrogen) atoms. The van der Waals surface area contributed by atoms with Crippen molar-refractivity contribution < 1.29 is 19.2 Å². The Labute approximate surface area is 287 Å². The number of Topliss-reactive ketones (excluding diaryl/α,β-unsaturated/α-hetero) is 2. The molecule has 0 saturated carbocycles. The molecule has 2 saturated heterocycles. The number of carbonyl (C=O) groups is 4. The molecule has 2 aromatic rings. The second-order valence-corrected chi connectivity index (χ2v) is 16.7. The first-order chi connectivity index (χ1) is 21.1. The molecule has 0 atom stereocenters. The molecule has 2 amide bonds. The number of piperidine rings is 2. The molecule has 0 bridgehead atoms. The van der Waals surface area contributed by atoms with Crippen LogP contribution in [0.2, 0.25) is 5.02 Å². The van der Waals surface area contributed by atoms with Gasteiger partial charge in [-0.25, -0.2) is 0 Å². The summed E-state index contributed by atoms with van der Waals surface area (Å²) in [5.41, 5.74) is 1.38. The minimum absolute atomic E-state index is 0.00270. The minimum atomic E-state index is -0.501. The lowest BCUT2D eigenvalue weighted by molar-refractivity contribution is -0.138. The van der Waals surface area contributed by atoms with Crippen LogP contribution in [0.3, 0.4) is 0 Å². The van der Waals surface area contributed by atoms with E-state index < -0.39 is 17.6 Å². The van der Waals surface area contributed by atoms with Gasteiger partial charge in [0.25, 0.3) is 11.8 Å². The normalized spacial score (nSPS) is 20.0. The third-order valence-electron chi connectivity index (χ3n) is 8.11. The summed E-state index contributed by atoms with van der Waals surface area (Å²) in [6, 6.07) is 14.5. The summed E-state index contributed by atoms with van der Waals surface area (Å²) < 4.78 is 0.956. The summed E-state index contributed by atoms with van der Waals surface area (Å²) in [6.45, 7) is 16.9. The highest BCUT2D eigenvalue weighted by molar-refractivity contribution is 9.10. The lowest BCUT2D eigenvalue weighted by Gasteiger charge is -2.46. The van der Waals surface area contributed by atoms with Crippen molar-refractivity contribution in [1.82, 2.24) is 21.3 Å². The predicted octanol–water partition coefficient (Wildman–Crippen LogP) is 5.86. The molecule has 0 aliphatic carbocycles. The second kappa shape index (κ2) is 15.1. The van der Waals surface area contributed by atoms with Crippen molar-refractivity contribution >= 4 is 50.9 Å². The van der Waals surface area contributed by atoms with E-state index in [1.54, 1.807) is 24.3 Å². The van der Waals surface area contributed by atoms with Crippen LogP contribution in [0.5, 0.6) is 0 Å². The van der Waals surface area contributed by atoms with Gasteiger partial charge in [0.05, 0.1) is 0 Å². The van der Waals surface area contributed by atoms with Gasteiger partial charge in [-0.05, 0) is 116 Å². The zero-order valence-corrected chi connectivity index (χ0v) is 30.7. The van der Waals surface area contributed by atoms with Crippen LogP contribution < -0.4 is 21.3 Å². The van der Waals surface area contributed by atoms with E-state index >= 15 is 0 Å². The number of amides is 2. The summed E-state index contributed by atoms with van der Waals surface area (Å²) in [5, 5.41) is 13.6. The zero-order valence-electron chi connectivity index (χ0n) is 28.4. The Bertz CT molecular complexity index is 1260. The molecular formula is C36H50BrClN4O4. The molecule has 0 radical (unpaired) electrons. The van der Waals surface area contributed by atoms with Gasteiger partial charge < -0.3 is 21.3 Å². The van der Waals surface area contributed by atoms with E-state index in [4.69, 9.17) is 11.6 Å². The molecule has 2 fully saturated rings. The van der Waals surface area contributed by atoms with E-state index in [0.29, 0.717) is 5.02 Å². The Kier molecular flexibility index (Phi) is 12.4. The van der Waals surface area contributed by atoms with Gasteiger partial charge in [-0.15, -0.1) is 0 Å². The molecule has 0 aromatic heterocycles. The molecule has 2 heterocycles. The minimum Gasteiger partial charge on any atom is -0.347 e. The van der Waals surface area contributed by atoms with Crippen molar-refractivity contribution in [3.8, 4) is 0 Å². The number of ketones is 2. The van der Waals surface area contributed by atoms with E-state index in [-0.39, 0.29) is 52.9 Å². The summed E-state index contributed by atoms with van der Waals surface area (Å²) in [4.78, 5) is 48.7. The summed E-state index contributed by atoms with van der Waals surface area (Å²) in [5.74, 6) is -1.78. The van der Waals surface area contributed by atoms with Crippen LogP contribution in [0.25, 0.3) is 0 Å². The van der Waals surface area contributed by atoms with Gasteiger partial charge in [-0.3, -0.25) is 19.2 Å². The lowest BCUT2D eigenvalue weighted by atomic mass is 9.79. The molecule has 4 rings (SSSR count). The van der Waals surface area contributed by atoms with E-state index in [1.807, 2.05) is 24.3 Å². The maximum Gasteiger partial charge on any atom is 0.287 e. The molecule has 4 N–H and O–H groups in total. The molecule has 2 aliphatic rings. The molecule has 252 valence electrons. The number of halogens is 2. The maximum atomic E-state index is 12.2. The Hall–Kier alpha value is -2.59. The highest BCUT2D eigenvalue weighted by Gasteiger charge is 2.39. The van der Waals surface area contributed by atoms with Crippen LogP contribution in [-0.4, -0.2) is 57.6 Å². The number of carbonyl (C=O) groups excluding carboxylic acids is 4. The SMILES string of the molecule is CC1(C)CC(NC(=O)C(=O)Cc2ccc(Br)cc2)CC(C)(C)N1.CC1(C)CC(NC(=O)C(=O)Cc2ccc(Cl)cc2)CC(C)(C)N1. The molecular weight excluding hydrogens is 668 g/mol. The number of hydrogen-bond acceptors (Lipinski definition) is 6. The van der Waals surface area contributed by atoms with Crippen molar-refractivity contribution in [2.75, 3.05) is 0 Å². The summed E-state index contributed by atoms with van der Waals surface area (Å²) >= 11 is 9.18. The predicted molar refractivity (Wildman–Crippen MR) is 188 cm³/mol. The Morgan fingerprint density at radius 1 is 0.630 bits per heavy atom. The van der Waals surface area contributed by atoms with E-state index in [1.165, 1.54) is 0 Å². The molecule has 10 heteroatoms. The Balaban J connectivity index is 0.000000250. The Morgan fingerprint density at radius 3 is 1.26 bits per heavy atom. The van der Waals surface area contributed by atoms with Gasteiger partial charge in [-0.1, -0.05) is 51.8 Å². The largest absolute Gasteiger partial charge is 0.347 e. The van der Waals surface area contributed by atoms with Crippen LogP contribution in [0.15, 0.2) is 53.0 Å². The second-order valence-electron chi connectivity index (χ2n) is 15.4. The monoisotopic (exact) mass is 716 g/mol. The third-order valence-corrected chi connectivity index (χ3v) is 8.89. The number of nitrogens with one attached hydrogen (secondary N) is 4. The van der Waals surface area contributed by atoms with Crippen molar-refractivity contribution in [2.45, 2.75) is 128 Å². The smallest absolute Gasteiger partial charge is 0.287 e. The van der Waals surface area contributed by atoms with E-state index in [2.05, 4.69) is 92.6 Å². The Morgan fingerprint density at radius 2 is 0.935 bits per heavy atom. The number of hydrogen-bond donors (Lipinski definition) is 4. The van der Waals surface area contributed by atoms with Crippen LogP contribution in [-0.2, 0) is 32.0 Å². The van der Waals surface area contributed by atoms with Gasteiger partial charge >= 0.3 is 0 Å². The first kappa shape index (κ1) is 37.9. The van der Waals surface area contributed by atoms with Crippen LogP contribution >= 0.6 is 27.5 Å². The average molecular weight is 718 g/mol. The highest BCUT2D eigenvalue weighted by Crippen LogP contribution is 2.29. The molecule has 0 unspecified atom stereocenters. The van der Waals surface area contributed by atoms with Crippen LogP contribution in [0, 0.1) is 0 Å². The maximum absolute atomic E-state index is 12.2. The van der Waals surface area contributed by atoms with E-state index in [0.717, 1.165) is 41.3 Å². The van der Waals surface area contributed by atoms with Crippen molar-refractivity contribution in [1.29, 1.82) is 0 Å². The lowest BCUT2D eigenvalue weighted by Crippen LogP contribution is -2.62. The van der Waals surface area contributed by atoms with Gasteiger partial charge in [-0.2, -0.15) is 0 Å². The third kappa shape index (κ3) is 12.5. The standard InChI is InChI=1S/C18H25BrN2O2.C18H25ClN2O2/c2*1-17(2)10-14(11-18(3,4)21-17)20-16(23)15(22)9-12-5-7-13(19)8-6-12/h2*5-8,14,21H,9-11H2,1-4H3,(H,20,23). The number of benzene rings is 2. The topological polar surface area (TPSA) is 116 Å². The van der Waals surface area contributed by atoms with Gasteiger partial charge in [0, 0.05) is 56.6 Å². The molecule has 8 nitrogen and oxygen atoms in total. The van der Waals surface area contributed by atoms with Crippen molar-refractivity contribution in [3.05, 3.63) is 69.2 Å². The van der Waals surface area contributed by atoms with Crippen LogP contribution in [0.1, 0.15) is 92.2 Å².